The minimum Gasteiger partial charge on any atom is -0.467 e. The standard InChI is InChI=1S/C19H14N4O2S2/c24-18-17(10-16-6-3-9-26-16)27-19(23(18)13-15-5-2-8-25-15)22-21-12-14-4-1-7-20-11-14/h1-12H,13H2/b17-10-,21-12-,22-19+. The van der Waals surface area contributed by atoms with E-state index in [1.807, 2.05) is 41.8 Å². The third-order valence-electron chi connectivity index (χ3n) is 3.63. The second-order valence-corrected chi connectivity index (χ2v) is 7.50. The Balaban J connectivity index is 1.61. The van der Waals surface area contributed by atoms with E-state index in [0.29, 0.717) is 22.4 Å². The molecule has 4 heterocycles. The molecule has 1 fully saturated rings. The van der Waals surface area contributed by atoms with E-state index in [1.165, 1.54) is 11.8 Å². The van der Waals surface area contributed by atoms with Gasteiger partial charge in [-0.05, 0) is 47.5 Å². The molecule has 0 aliphatic carbocycles. The number of amidine groups is 1. The van der Waals surface area contributed by atoms with Gasteiger partial charge in [0.15, 0.2) is 5.17 Å². The number of aromatic nitrogens is 1. The summed E-state index contributed by atoms with van der Waals surface area (Å²) in [6, 6.07) is 11.3. The van der Waals surface area contributed by atoms with E-state index in [4.69, 9.17) is 4.42 Å². The van der Waals surface area contributed by atoms with E-state index in [9.17, 15) is 4.79 Å². The van der Waals surface area contributed by atoms with Gasteiger partial charge < -0.3 is 4.42 Å². The molecule has 0 saturated carbocycles. The number of amides is 1. The first-order chi connectivity index (χ1) is 13.3. The highest BCUT2D eigenvalue weighted by Gasteiger charge is 2.34. The minimum atomic E-state index is -0.111. The minimum absolute atomic E-state index is 0.111. The van der Waals surface area contributed by atoms with Gasteiger partial charge in [-0.25, -0.2) is 0 Å². The third-order valence-corrected chi connectivity index (χ3v) is 5.45. The Morgan fingerprint density at radius 2 is 2.19 bits per heavy atom. The molecule has 1 aliphatic heterocycles. The van der Waals surface area contributed by atoms with Crippen LogP contribution >= 0.6 is 23.1 Å². The smallest absolute Gasteiger partial charge is 0.267 e. The number of carbonyl (C=O) groups is 1. The number of thiophene rings is 1. The summed E-state index contributed by atoms with van der Waals surface area (Å²) in [5.41, 5.74) is 0.836. The van der Waals surface area contributed by atoms with Crippen LogP contribution in [0.4, 0.5) is 0 Å². The molecule has 1 saturated heterocycles. The van der Waals surface area contributed by atoms with Crippen LogP contribution in [0.3, 0.4) is 0 Å². The maximum atomic E-state index is 12.9. The van der Waals surface area contributed by atoms with Crippen LogP contribution in [0.15, 0.2) is 80.0 Å². The SMILES string of the molecule is O=C1/C(=C/c2cccs2)S/C(=N/N=C\c2cccnc2)N1Cc1ccco1. The molecule has 3 aromatic heterocycles. The molecule has 0 bridgehead atoms. The van der Waals surface area contributed by atoms with Crippen molar-refractivity contribution in [2.75, 3.05) is 0 Å². The highest BCUT2D eigenvalue weighted by Crippen LogP contribution is 2.34. The van der Waals surface area contributed by atoms with Crippen molar-refractivity contribution < 1.29 is 9.21 Å². The van der Waals surface area contributed by atoms with Crippen LogP contribution in [-0.2, 0) is 11.3 Å². The topological polar surface area (TPSA) is 71.1 Å². The molecule has 8 heteroatoms. The summed E-state index contributed by atoms with van der Waals surface area (Å²) in [6.07, 6.45) is 8.46. The van der Waals surface area contributed by atoms with E-state index in [2.05, 4.69) is 15.2 Å². The second-order valence-electron chi connectivity index (χ2n) is 5.51. The molecule has 1 aliphatic rings. The fourth-order valence-electron chi connectivity index (χ4n) is 2.38. The first kappa shape index (κ1) is 17.4. The molecule has 3 aromatic rings. The van der Waals surface area contributed by atoms with Crippen LogP contribution in [0.25, 0.3) is 6.08 Å². The van der Waals surface area contributed by atoms with E-state index in [1.54, 1.807) is 47.2 Å². The molecule has 0 atom stereocenters. The first-order valence-corrected chi connectivity index (χ1v) is 9.77. The zero-order chi connectivity index (χ0) is 18.5. The lowest BCUT2D eigenvalue weighted by Crippen LogP contribution is -2.28. The number of hydrogen-bond acceptors (Lipinski definition) is 7. The normalized spacial score (nSPS) is 17.6. The van der Waals surface area contributed by atoms with Crippen molar-refractivity contribution in [1.29, 1.82) is 0 Å². The Morgan fingerprint density at radius 3 is 2.93 bits per heavy atom. The van der Waals surface area contributed by atoms with Crippen molar-refractivity contribution in [3.05, 3.63) is 81.5 Å². The molecule has 1 amide bonds. The van der Waals surface area contributed by atoms with Gasteiger partial charge in [0.2, 0.25) is 0 Å². The Hall–Kier alpha value is -2.97. The molecule has 0 N–H and O–H groups in total. The number of carbonyl (C=O) groups excluding carboxylic acids is 1. The lowest BCUT2D eigenvalue weighted by Gasteiger charge is -2.12. The predicted octanol–water partition coefficient (Wildman–Crippen LogP) is 4.24. The Bertz CT molecular complexity index is 994. The van der Waals surface area contributed by atoms with E-state index < -0.39 is 0 Å². The van der Waals surface area contributed by atoms with E-state index in [-0.39, 0.29) is 5.91 Å². The molecular formula is C19H14N4O2S2. The van der Waals surface area contributed by atoms with Gasteiger partial charge in [0, 0.05) is 22.8 Å². The number of rotatable bonds is 5. The van der Waals surface area contributed by atoms with Crippen LogP contribution in [0.2, 0.25) is 0 Å². The Morgan fingerprint density at radius 1 is 1.22 bits per heavy atom. The highest BCUT2D eigenvalue weighted by molar-refractivity contribution is 8.18. The van der Waals surface area contributed by atoms with Gasteiger partial charge in [-0.3, -0.25) is 14.7 Å². The van der Waals surface area contributed by atoms with E-state index in [0.717, 1.165) is 10.4 Å². The van der Waals surface area contributed by atoms with Crippen molar-refractivity contribution in [3.63, 3.8) is 0 Å². The summed E-state index contributed by atoms with van der Waals surface area (Å²) in [7, 11) is 0. The molecule has 0 unspecified atom stereocenters. The monoisotopic (exact) mass is 394 g/mol. The number of hydrogen-bond donors (Lipinski definition) is 0. The molecule has 0 radical (unpaired) electrons. The summed E-state index contributed by atoms with van der Waals surface area (Å²) in [5.74, 6) is 0.574. The second kappa shape index (κ2) is 8.15. The molecule has 0 spiro atoms. The van der Waals surface area contributed by atoms with E-state index >= 15 is 0 Å². The summed E-state index contributed by atoms with van der Waals surface area (Å²) in [6.45, 7) is 0.307. The number of furan rings is 1. The number of thioether (sulfide) groups is 1. The van der Waals surface area contributed by atoms with Crippen LogP contribution in [0.5, 0.6) is 0 Å². The lowest BCUT2D eigenvalue weighted by atomic mass is 10.3. The molecule has 0 aromatic carbocycles. The van der Waals surface area contributed by atoms with Gasteiger partial charge in [0.1, 0.15) is 5.76 Å². The van der Waals surface area contributed by atoms with Crippen molar-refractivity contribution in [2.45, 2.75) is 6.54 Å². The largest absolute Gasteiger partial charge is 0.467 e. The number of pyridine rings is 1. The fraction of sp³-hybridized carbons (Fsp3) is 0.0526. The average molecular weight is 394 g/mol. The quantitative estimate of drug-likeness (QED) is 0.369. The van der Waals surface area contributed by atoms with Gasteiger partial charge in [0.25, 0.3) is 5.91 Å². The van der Waals surface area contributed by atoms with Gasteiger partial charge in [0.05, 0.1) is 23.9 Å². The van der Waals surface area contributed by atoms with Crippen LogP contribution in [0, 0.1) is 0 Å². The Labute approximate surface area is 163 Å². The highest BCUT2D eigenvalue weighted by atomic mass is 32.2. The fourth-order valence-corrected chi connectivity index (χ4v) is 4.04. The van der Waals surface area contributed by atoms with Crippen molar-refractivity contribution in [3.8, 4) is 0 Å². The van der Waals surface area contributed by atoms with Crippen molar-refractivity contribution in [1.82, 2.24) is 9.88 Å². The number of nitrogens with zero attached hydrogens (tertiary/aromatic N) is 4. The maximum Gasteiger partial charge on any atom is 0.267 e. The summed E-state index contributed by atoms with van der Waals surface area (Å²) in [5, 5.41) is 10.9. The Kier molecular flexibility index (Phi) is 5.27. The summed E-state index contributed by atoms with van der Waals surface area (Å²) in [4.78, 5) is 20.1. The lowest BCUT2D eigenvalue weighted by molar-refractivity contribution is -0.122. The maximum absolute atomic E-state index is 12.9. The van der Waals surface area contributed by atoms with Gasteiger partial charge in [-0.2, -0.15) is 5.10 Å². The van der Waals surface area contributed by atoms with Crippen LogP contribution in [0.1, 0.15) is 16.2 Å². The molecule has 4 rings (SSSR count). The van der Waals surface area contributed by atoms with Crippen molar-refractivity contribution >= 4 is 46.5 Å². The molecule has 134 valence electrons. The molecular weight excluding hydrogens is 380 g/mol. The predicted molar refractivity (Wildman–Crippen MR) is 108 cm³/mol. The van der Waals surface area contributed by atoms with Crippen LogP contribution < -0.4 is 0 Å². The molecule has 27 heavy (non-hydrogen) atoms. The third kappa shape index (κ3) is 4.24. The summed E-state index contributed by atoms with van der Waals surface area (Å²) >= 11 is 2.88. The van der Waals surface area contributed by atoms with Gasteiger partial charge in [-0.1, -0.05) is 12.1 Å². The van der Waals surface area contributed by atoms with Gasteiger partial charge >= 0.3 is 0 Å². The van der Waals surface area contributed by atoms with Crippen LogP contribution in [-0.4, -0.2) is 27.2 Å². The average Bonchev–Trinajstić information content (AvgIpc) is 3.43. The first-order valence-electron chi connectivity index (χ1n) is 8.08. The summed E-state index contributed by atoms with van der Waals surface area (Å²) < 4.78 is 5.38. The zero-order valence-electron chi connectivity index (χ0n) is 14.1. The zero-order valence-corrected chi connectivity index (χ0v) is 15.7. The van der Waals surface area contributed by atoms with Crippen molar-refractivity contribution in [2.24, 2.45) is 10.2 Å². The molecule has 6 nitrogen and oxygen atoms in total. The van der Waals surface area contributed by atoms with Gasteiger partial charge in [-0.15, -0.1) is 16.4 Å².